The molecule has 1 rings (SSSR count). The van der Waals surface area contributed by atoms with Crippen LogP contribution in [0.5, 0.6) is 5.75 Å². The van der Waals surface area contributed by atoms with Crippen LogP contribution < -0.4 is 4.74 Å². The van der Waals surface area contributed by atoms with Gasteiger partial charge in [0.2, 0.25) is 0 Å². The van der Waals surface area contributed by atoms with E-state index in [1.165, 1.54) is 6.07 Å². The van der Waals surface area contributed by atoms with Gasteiger partial charge in [0.15, 0.2) is 0 Å². The first-order valence-electron chi connectivity index (χ1n) is 4.81. The minimum absolute atomic E-state index is 0.174. The smallest absolute Gasteiger partial charge is 0.339 e. The van der Waals surface area contributed by atoms with Crippen LogP contribution in [0.2, 0.25) is 0 Å². The number of nitrogens with zero attached hydrogens (tertiary/aromatic N) is 1. The first-order chi connectivity index (χ1) is 7.50. The van der Waals surface area contributed by atoms with Crippen LogP contribution in [-0.4, -0.2) is 43.2 Å². The van der Waals surface area contributed by atoms with Crippen molar-refractivity contribution in [3.8, 4) is 5.75 Å². The molecular formula is C11H14BrNO3. The average Bonchev–Trinajstić information content (AvgIpc) is 2.19. The van der Waals surface area contributed by atoms with Gasteiger partial charge in [0.05, 0.1) is 0 Å². The summed E-state index contributed by atoms with van der Waals surface area (Å²) in [5.41, 5.74) is 0.174. The largest absolute Gasteiger partial charge is 0.491 e. The minimum atomic E-state index is -0.985. The number of halogens is 1. The fourth-order valence-corrected chi connectivity index (χ4v) is 1.49. The summed E-state index contributed by atoms with van der Waals surface area (Å²) < 4.78 is 6.15. The second kappa shape index (κ2) is 5.86. The van der Waals surface area contributed by atoms with E-state index >= 15 is 0 Å². The standard InChI is InChI=1S/C11H14BrNO3/c1-13(2)5-6-16-10-4-3-8(12)7-9(10)11(14)15/h3-4,7H,5-6H2,1-2H3,(H,14,15). The van der Waals surface area contributed by atoms with Crippen molar-refractivity contribution >= 4 is 21.9 Å². The van der Waals surface area contributed by atoms with E-state index in [2.05, 4.69) is 15.9 Å². The number of carbonyl (C=O) groups is 1. The monoisotopic (exact) mass is 287 g/mol. The zero-order valence-corrected chi connectivity index (χ0v) is 10.8. The predicted molar refractivity (Wildman–Crippen MR) is 65.2 cm³/mol. The normalized spacial score (nSPS) is 10.5. The number of carboxylic acid groups (broad SMARTS) is 1. The number of benzene rings is 1. The zero-order chi connectivity index (χ0) is 12.1. The Morgan fingerprint density at radius 3 is 2.75 bits per heavy atom. The van der Waals surface area contributed by atoms with Gasteiger partial charge in [0, 0.05) is 11.0 Å². The van der Waals surface area contributed by atoms with E-state index in [9.17, 15) is 4.79 Å². The Morgan fingerprint density at radius 2 is 2.19 bits per heavy atom. The van der Waals surface area contributed by atoms with Crippen molar-refractivity contribution in [2.24, 2.45) is 0 Å². The summed E-state index contributed by atoms with van der Waals surface area (Å²) in [5.74, 6) is -0.585. The van der Waals surface area contributed by atoms with Gasteiger partial charge in [-0.15, -0.1) is 0 Å². The highest BCUT2D eigenvalue weighted by Crippen LogP contribution is 2.23. The highest BCUT2D eigenvalue weighted by atomic mass is 79.9. The lowest BCUT2D eigenvalue weighted by Crippen LogP contribution is -2.20. The quantitative estimate of drug-likeness (QED) is 0.901. The maximum atomic E-state index is 11.0. The van der Waals surface area contributed by atoms with Crippen molar-refractivity contribution < 1.29 is 14.6 Å². The van der Waals surface area contributed by atoms with Crippen molar-refractivity contribution in [1.82, 2.24) is 4.90 Å². The van der Waals surface area contributed by atoms with Gasteiger partial charge in [0.25, 0.3) is 0 Å². The molecular weight excluding hydrogens is 274 g/mol. The molecule has 4 nitrogen and oxygen atoms in total. The molecule has 0 unspecified atom stereocenters. The molecule has 88 valence electrons. The third-order valence-corrected chi connectivity index (χ3v) is 2.46. The van der Waals surface area contributed by atoms with E-state index in [-0.39, 0.29) is 5.56 Å². The van der Waals surface area contributed by atoms with Gasteiger partial charge in [-0.25, -0.2) is 4.79 Å². The van der Waals surface area contributed by atoms with E-state index in [4.69, 9.17) is 9.84 Å². The van der Waals surface area contributed by atoms with Gasteiger partial charge >= 0.3 is 5.97 Å². The molecule has 0 spiro atoms. The molecule has 0 aliphatic heterocycles. The summed E-state index contributed by atoms with van der Waals surface area (Å²) in [4.78, 5) is 12.9. The van der Waals surface area contributed by atoms with Gasteiger partial charge in [-0.2, -0.15) is 0 Å². The van der Waals surface area contributed by atoms with Crippen molar-refractivity contribution in [3.05, 3.63) is 28.2 Å². The van der Waals surface area contributed by atoms with Gasteiger partial charge in [-0.05, 0) is 32.3 Å². The molecule has 0 radical (unpaired) electrons. The number of hydrogen-bond acceptors (Lipinski definition) is 3. The van der Waals surface area contributed by atoms with Crippen LogP contribution in [-0.2, 0) is 0 Å². The van der Waals surface area contributed by atoms with Crippen molar-refractivity contribution in [1.29, 1.82) is 0 Å². The second-order valence-electron chi connectivity index (χ2n) is 3.60. The molecule has 1 aromatic rings. The van der Waals surface area contributed by atoms with Crippen molar-refractivity contribution in [3.63, 3.8) is 0 Å². The first kappa shape index (κ1) is 13.0. The summed E-state index contributed by atoms with van der Waals surface area (Å²) >= 11 is 3.23. The number of aromatic carboxylic acids is 1. The lowest BCUT2D eigenvalue weighted by atomic mass is 10.2. The SMILES string of the molecule is CN(C)CCOc1ccc(Br)cc1C(=O)O. The number of likely N-dealkylation sites (N-methyl/N-ethyl adjacent to an activating group) is 1. The molecule has 0 aromatic heterocycles. The lowest BCUT2D eigenvalue weighted by molar-refractivity contribution is 0.0692. The van der Waals surface area contributed by atoms with Crippen LogP contribution >= 0.6 is 15.9 Å². The first-order valence-corrected chi connectivity index (χ1v) is 5.60. The Kier molecular flexibility index (Phi) is 4.76. The van der Waals surface area contributed by atoms with E-state index < -0.39 is 5.97 Å². The zero-order valence-electron chi connectivity index (χ0n) is 9.24. The Hall–Kier alpha value is -1.07. The van der Waals surface area contributed by atoms with Crippen LogP contribution in [0, 0.1) is 0 Å². The third-order valence-electron chi connectivity index (χ3n) is 1.97. The molecule has 0 saturated heterocycles. The molecule has 0 saturated carbocycles. The Labute approximate surface area is 103 Å². The van der Waals surface area contributed by atoms with Crippen LogP contribution in [0.25, 0.3) is 0 Å². The van der Waals surface area contributed by atoms with E-state index in [0.29, 0.717) is 12.4 Å². The summed E-state index contributed by atoms with van der Waals surface area (Å²) in [6, 6.07) is 4.95. The highest BCUT2D eigenvalue weighted by molar-refractivity contribution is 9.10. The molecule has 0 amide bonds. The van der Waals surface area contributed by atoms with Crippen LogP contribution in [0.4, 0.5) is 0 Å². The van der Waals surface area contributed by atoms with Gasteiger partial charge in [-0.1, -0.05) is 15.9 Å². The molecule has 16 heavy (non-hydrogen) atoms. The third kappa shape index (κ3) is 3.83. The predicted octanol–water partition coefficient (Wildman–Crippen LogP) is 2.09. The van der Waals surface area contributed by atoms with E-state index in [0.717, 1.165) is 11.0 Å². The molecule has 1 aromatic carbocycles. The molecule has 5 heteroatoms. The Morgan fingerprint density at radius 1 is 1.50 bits per heavy atom. The molecule has 0 aliphatic rings. The molecule has 1 N–H and O–H groups in total. The summed E-state index contributed by atoms with van der Waals surface area (Å²) in [6.45, 7) is 1.21. The van der Waals surface area contributed by atoms with Crippen LogP contribution in [0.15, 0.2) is 22.7 Å². The van der Waals surface area contributed by atoms with Gasteiger partial charge < -0.3 is 14.7 Å². The number of ether oxygens (including phenoxy) is 1. The average molecular weight is 288 g/mol. The van der Waals surface area contributed by atoms with Crippen LogP contribution in [0.3, 0.4) is 0 Å². The maximum absolute atomic E-state index is 11.0. The molecule has 0 heterocycles. The fourth-order valence-electron chi connectivity index (χ4n) is 1.13. The fraction of sp³-hybridized carbons (Fsp3) is 0.364. The summed E-state index contributed by atoms with van der Waals surface area (Å²) in [5, 5.41) is 8.99. The maximum Gasteiger partial charge on any atom is 0.339 e. The van der Waals surface area contributed by atoms with Gasteiger partial charge in [-0.3, -0.25) is 0 Å². The minimum Gasteiger partial charge on any atom is -0.491 e. The number of hydrogen-bond donors (Lipinski definition) is 1. The molecule has 0 bridgehead atoms. The van der Waals surface area contributed by atoms with E-state index in [1.54, 1.807) is 12.1 Å². The number of rotatable bonds is 5. The topological polar surface area (TPSA) is 49.8 Å². The van der Waals surface area contributed by atoms with Crippen molar-refractivity contribution in [2.75, 3.05) is 27.2 Å². The van der Waals surface area contributed by atoms with Gasteiger partial charge in [0.1, 0.15) is 17.9 Å². The van der Waals surface area contributed by atoms with Crippen molar-refractivity contribution in [2.45, 2.75) is 0 Å². The van der Waals surface area contributed by atoms with E-state index in [1.807, 2.05) is 19.0 Å². The summed E-state index contributed by atoms with van der Waals surface area (Å²) in [7, 11) is 3.87. The summed E-state index contributed by atoms with van der Waals surface area (Å²) in [6.07, 6.45) is 0. The number of carboxylic acids is 1. The highest BCUT2D eigenvalue weighted by Gasteiger charge is 2.11. The Bertz CT molecular complexity index is 379. The molecule has 0 aliphatic carbocycles. The van der Waals surface area contributed by atoms with Crippen LogP contribution in [0.1, 0.15) is 10.4 Å². The second-order valence-corrected chi connectivity index (χ2v) is 4.51. The molecule has 0 fully saturated rings. The molecule has 0 atom stereocenters. The lowest BCUT2D eigenvalue weighted by Gasteiger charge is -2.12. The Balaban J connectivity index is 2.75.